The van der Waals surface area contributed by atoms with E-state index in [1.807, 2.05) is 79.7 Å². The van der Waals surface area contributed by atoms with Crippen LogP contribution in [0.1, 0.15) is 60.5 Å². The average Bonchev–Trinajstić information content (AvgIpc) is 2.94. The summed E-state index contributed by atoms with van der Waals surface area (Å²) in [6.07, 6.45) is 5.17. The third-order valence-corrected chi connectivity index (χ3v) is 6.93. The first-order chi connectivity index (χ1) is 19.9. The molecule has 0 saturated carbocycles. The van der Waals surface area contributed by atoms with Crippen LogP contribution in [0.25, 0.3) is 0 Å². The Bertz CT molecular complexity index is 1120. The van der Waals surface area contributed by atoms with Gasteiger partial charge in [0.1, 0.15) is 17.6 Å². The number of quaternary nitrogens is 2. The molecule has 232 valence electrons. The molecule has 6 nitrogen and oxygen atoms in total. The second-order valence-electron chi connectivity index (χ2n) is 13.2. The largest absolute Gasteiger partial charge is 0.494 e. The molecule has 3 aromatic rings. The highest BCUT2D eigenvalue weighted by atomic mass is 16.5. The number of aryl methyl sites for hydroxylation is 1. The summed E-state index contributed by atoms with van der Waals surface area (Å²) in [6.45, 7) is 6.02. The summed E-state index contributed by atoms with van der Waals surface area (Å²) >= 11 is 0. The molecule has 1 unspecified atom stereocenters. The Balaban J connectivity index is 0.000000317. The molecule has 0 spiro atoms. The maximum atomic E-state index is 10.5. The summed E-state index contributed by atoms with van der Waals surface area (Å²) in [5, 5.41) is 19.4. The van der Waals surface area contributed by atoms with Crippen molar-refractivity contribution in [1.29, 1.82) is 0 Å². The molecule has 1 atom stereocenters. The molecule has 42 heavy (non-hydrogen) atoms. The summed E-state index contributed by atoms with van der Waals surface area (Å²) in [6, 6.07) is 23.4. The first kappa shape index (κ1) is 35.3. The van der Waals surface area contributed by atoms with Crippen molar-refractivity contribution in [3.63, 3.8) is 0 Å². The second-order valence-corrected chi connectivity index (χ2v) is 13.2. The molecule has 0 aliphatic heterocycles. The minimum Gasteiger partial charge on any atom is -0.494 e. The number of aliphatic hydroxyl groups is 2. The topological polar surface area (TPSA) is 58.9 Å². The van der Waals surface area contributed by atoms with Crippen LogP contribution in [0, 0.1) is 6.92 Å². The van der Waals surface area contributed by atoms with Gasteiger partial charge in [-0.15, -0.1) is 0 Å². The number of ether oxygens (including phenoxy) is 2. The molecular formula is C36H56N2O4+2. The molecule has 0 radical (unpaired) electrons. The molecule has 6 heteroatoms. The van der Waals surface area contributed by atoms with Crippen molar-refractivity contribution in [2.24, 2.45) is 0 Å². The fourth-order valence-electron chi connectivity index (χ4n) is 4.31. The Hall–Kier alpha value is -2.90. The van der Waals surface area contributed by atoms with Crippen molar-refractivity contribution in [1.82, 2.24) is 0 Å². The van der Waals surface area contributed by atoms with Crippen LogP contribution in [0.2, 0.25) is 0 Å². The summed E-state index contributed by atoms with van der Waals surface area (Å²) in [7, 11) is 13.3. The van der Waals surface area contributed by atoms with Crippen LogP contribution in [0.4, 0.5) is 0 Å². The Morgan fingerprint density at radius 2 is 0.976 bits per heavy atom. The van der Waals surface area contributed by atoms with Gasteiger partial charge < -0.3 is 28.7 Å². The van der Waals surface area contributed by atoms with E-state index in [1.165, 1.54) is 37.9 Å². The predicted molar refractivity (Wildman–Crippen MR) is 174 cm³/mol. The molecule has 0 amide bonds. The minimum absolute atomic E-state index is 0.0871. The molecule has 3 rings (SSSR count). The van der Waals surface area contributed by atoms with Crippen LogP contribution < -0.4 is 9.47 Å². The van der Waals surface area contributed by atoms with Crippen LogP contribution in [0.15, 0.2) is 72.8 Å². The third kappa shape index (κ3) is 15.4. The van der Waals surface area contributed by atoms with Crippen molar-refractivity contribution in [3.8, 4) is 11.5 Å². The number of nitrogens with zero attached hydrogens (tertiary/aromatic N) is 2. The van der Waals surface area contributed by atoms with E-state index in [4.69, 9.17) is 14.6 Å². The van der Waals surface area contributed by atoms with Crippen LogP contribution in [-0.2, 0) is 6.61 Å². The quantitative estimate of drug-likeness (QED) is 0.153. The van der Waals surface area contributed by atoms with Crippen molar-refractivity contribution >= 4 is 0 Å². The number of aliphatic hydroxyl groups excluding tert-OH is 2. The molecule has 0 bridgehead atoms. The highest BCUT2D eigenvalue weighted by Crippen LogP contribution is 2.24. The van der Waals surface area contributed by atoms with Gasteiger partial charge >= 0.3 is 0 Å². The lowest BCUT2D eigenvalue weighted by atomic mass is 10.0. The zero-order valence-electron chi connectivity index (χ0n) is 27.2. The van der Waals surface area contributed by atoms with Crippen molar-refractivity contribution in [3.05, 3.63) is 95.1 Å². The first-order valence-corrected chi connectivity index (χ1v) is 15.3. The van der Waals surface area contributed by atoms with Gasteiger partial charge in [0.15, 0.2) is 0 Å². The number of unbranched alkanes of at least 4 members (excludes halogenated alkanes) is 3. The fraction of sp³-hybridized carbons (Fsp3) is 0.500. The average molecular weight is 581 g/mol. The molecule has 3 aromatic carbocycles. The summed E-state index contributed by atoms with van der Waals surface area (Å²) in [4.78, 5) is 0. The third-order valence-electron chi connectivity index (χ3n) is 6.93. The van der Waals surface area contributed by atoms with Gasteiger partial charge in [0.05, 0.1) is 75.2 Å². The van der Waals surface area contributed by atoms with Crippen molar-refractivity contribution in [2.75, 3.05) is 68.6 Å². The van der Waals surface area contributed by atoms with E-state index in [1.54, 1.807) is 0 Å². The molecule has 0 aromatic heterocycles. The van der Waals surface area contributed by atoms with E-state index in [0.29, 0.717) is 0 Å². The van der Waals surface area contributed by atoms with Gasteiger partial charge in [-0.05, 0) is 80.0 Å². The Labute approximate surface area is 255 Å². The van der Waals surface area contributed by atoms with Gasteiger partial charge in [-0.3, -0.25) is 0 Å². The van der Waals surface area contributed by atoms with Gasteiger partial charge in [0, 0.05) is 0 Å². The molecule has 0 heterocycles. The standard InChI is InChI=1S/C22H32NO2.C14H24NO2/c1-18-8-10-19(11-9-18)22(24)20-12-14-21(15-13-20)25-17-7-5-6-16-23(2,3)4;1-15(2,3)10-4-5-11-17-14-8-6-13(12-16)7-9-14/h8-15,22,24H,5-7,16-17H2,1-4H3;6-9,16H,4-5,10-12H2,1-3H3/q2*+1. The lowest BCUT2D eigenvalue weighted by Gasteiger charge is -2.23. The van der Waals surface area contributed by atoms with E-state index < -0.39 is 6.10 Å². The molecule has 0 aliphatic carbocycles. The van der Waals surface area contributed by atoms with E-state index >= 15 is 0 Å². The SMILES string of the molecule is C[N+](C)(C)CCCCOc1ccc(CO)cc1.Cc1ccc(C(O)c2ccc(OCCCCC[N+](C)(C)C)cc2)cc1. The number of rotatable bonds is 16. The van der Waals surface area contributed by atoms with Gasteiger partial charge in [0.2, 0.25) is 0 Å². The van der Waals surface area contributed by atoms with E-state index in [0.717, 1.165) is 63.2 Å². The van der Waals surface area contributed by atoms with Crippen LogP contribution >= 0.6 is 0 Å². The zero-order valence-corrected chi connectivity index (χ0v) is 27.2. The van der Waals surface area contributed by atoms with Crippen LogP contribution in [0.3, 0.4) is 0 Å². The summed E-state index contributed by atoms with van der Waals surface area (Å²) < 4.78 is 13.5. The molecule has 0 saturated heterocycles. The first-order valence-electron chi connectivity index (χ1n) is 15.3. The van der Waals surface area contributed by atoms with E-state index in [-0.39, 0.29) is 6.61 Å². The molecule has 0 aliphatic rings. The highest BCUT2D eigenvalue weighted by Gasteiger charge is 2.10. The Kier molecular flexibility index (Phi) is 15.1. The summed E-state index contributed by atoms with van der Waals surface area (Å²) in [5.41, 5.74) is 3.92. The number of hydrogen-bond acceptors (Lipinski definition) is 4. The second kappa shape index (κ2) is 17.9. The van der Waals surface area contributed by atoms with E-state index in [9.17, 15) is 5.11 Å². The molecule has 0 fully saturated rings. The lowest BCUT2D eigenvalue weighted by Crippen LogP contribution is -2.35. The monoisotopic (exact) mass is 580 g/mol. The van der Waals surface area contributed by atoms with E-state index in [2.05, 4.69) is 42.3 Å². The maximum Gasteiger partial charge on any atom is 0.119 e. The van der Waals surface area contributed by atoms with Gasteiger partial charge in [-0.25, -0.2) is 0 Å². The fourth-order valence-corrected chi connectivity index (χ4v) is 4.31. The smallest absolute Gasteiger partial charge is 0.119 e. The zero-order chi connectivity index (χ0) is 31.0. The maximum absolute atomic E-state index is 10.5. The molecular weight excluding hydrogens is 524 g/mol. The van der Waals surface area contributed by atoms with Crippen molar-refractivity contribution < 1.29 is 28.7 Å². The highest BCUT2D eigenvalue weighted by molar-refractivity contribution is 5.35. The summed E-state index contributed by atoms with van der Waals surface area (Å²) in [5.74, 6) is 1.75. The van der Waals surface area contributed by atoms with Crippen molar-refractivity contribution in [2.45, 2.75) is 51.7 Å². The Morgan fingerprint density at radius 1 is 0.571 bits per heavy atom. The van der Waals surface area contributed by atoms with Crippen LogP contribution in [0.5, 0.6) is 11.5 Å². The minimum atomic E-state index is -0.592. The number of benzene rings is 3. The predicted octanol–water partition coefficient (Wildman–Crippen LogP) is 6.38. The van der Waals surface area contributed by atoms with Crippen LogP contribution in [-0.4, -0.2) is 87.8 Å². The van der Waals surface area contributed by atoms with Gasteiger partial charge in [0.25, 0.3) is 0 Å². The normalized spacial score (nSPS) is 12.3. The Morgan fingerprint density at radius 3 is 1.43 bits per heavy atom. The lowest BCUT2D eigenvalue weighted by molar-refractivity contribution is -0.870. The number of hydrogen-bond donors (Lipinski definition) is 2. The van der Waals surface area contributed by atoms with Gasteiger partial charge in [-0.1, -0.05) is 54.1 Å². The van der Waals surface area contributed by atoms with Gasteiger partial charge in [-0.2, -0.15) is 0 Å². The molecule has 2 N–H and O–H groups in total.